The van der Waals surface area contributed by atoms with Crippen LogP contribution in [-0.4, -0.2) is 37.5 Å². The number of hydrogen-bond acceptors (Lipinski definition) is 2. The summed E-state index contributed by atoms with van der Waals surface area (Å²) in [6.07, 6.45) is 0. The lowest BCUT2D eigenvalue weighted by atomic mass is 10.2. The maximum atomic E-state index is 12.2. The number of para-hydroxylation sites is 1. The first-order valence-corrected chi connectivity index (χ1v) is 7.05. The summed E-state index contributed by atoms with van der Waals surface area (Å²) in [6, 6.07) is 9.07. The van der Waals surface area contributed by atoms with Crippen LogP contribution in [0.5, 0.6) is 0 Å². The van der Waals surface area contributed by atoms with Crippen LogP contribution in [0.1, 0.15) is 20.8 Å². The lowest BCUT2D eigenvalue weighted by molar-refractivity contribution is -0.904. The van der Waals surface area contributed by atoms with Gasteiger partial charge in [0.2, 0.25) is 0 Å². The van der Waals surface area contributed by atoms with Crippen molar-refractivity contribution in [1.29, 1.82) is 0 Å². The normalized spacial score (nSPS) is 13.3. The number of quaternary nitrogens is 1. The molecule has 0 aliphatic carbocycles. The average Bonchev–Trinajstić information content (AvgIpc) is 2.45. The van der Waals surface area contributed by atoms with Crippen molar-refractivity contribution in [2.45, 2.75) is 26.8 Å². The van der Waals surface area contributed by atoms with Gasteiger partial charge in [-0.2, -0.15) is 0 Å². The third-order valence-corrected chi connectivity index (χ3v) is 3.26. The molecule has 110 valence electrons. The molecular formula is C15H24N3O2+. The molecule has 20 heavy (non-hydrogen) atoms. The minimum atomic E-state index is -0.275. The first-order valence-electron chi connectivity index (χ1n) is 7.05. The van der Waals surface area contributed by atoms with E-state index in [1.807, 2.05) is 51.1 Å². The number of likely N-dealkylation sites (N-methyl/N-ethyl adjacent to an activating group) is 2. The molecule has 5 nitrogen and oxygen atoms in total. The van der Waals surface area contributed by atoms with E-state index in [0.717, 1.165) is 17.1 Å². The number of amides is 2. The molecule has 0 heterocycles. The Morgan fingerprint density at radius 3 is 2.40 bits per heavy atom. The van der Waals surface area contributed by atoms with Crippen molar-refractivity contribution >= 4 is 17.5 Å². The Balaban J connectivity index is 2.59. The number of nitrogens with one attached hydrogen (secondary N) is 3. The molecule has 0 aliphatic heterocycles. The zero-order chi connectivity index (χ0) is 15.0. The van der Waals surface area contributed by atoms with Gasteiger partial charge in [0.05, 0.1) is 6.54 Å². The largest absolute Gasteiger partial charge is 0.351 e. The van der Waals surface area contributed by atoms with Crippen molar-refractivity contribution < 1.29 is 14.5 Å². The standard InChI is InChI=1S/C15H23N3O2/c1-4-16-14(19)11-18(5-2)12(3)15(20)17-13-9-7-6-8-10-13/h6-10,12H,4-5,11H2,1-3H3,(H,16,19)(H,17,20)/p+1/t12-/m1/s1. The molecule has 3 N–H and O–H groups in total. The van der Waals surface area contributed by atoms with Crippen LogP contribution in [0.3, 0.4) is 0 Å². The van der Waals surface area contributed by atoms with Crippen LogP contribution < -0.4 is 15.5 Å². The van der Waals surface area contributed by atoms with Crippen LogP contribution in [0.2, 0.25) is 0 Å². The summed E-state index contributed by atoms with van der Waals surface area (Å²) >= 11 is 0. The third kappa shape index (κ3) is 5.01. The summed E-state index contributed by atoms with van der Waals surface area (Å²) < 4.78 is 0. The molecule has 0 aliphatic rings. The number of carbonyl (C=O) groups excluding carboxylic acids is 2. The molecule has 2 amide bonds. The van der Waals surface area contributed by atoms with E-state index in [-0.39, 0.29) is 17.9 Å². The molecule has 2 atom stereocenters. The van der Waals surface area contributed by atoms with E-state index in [1.165, 1.54) is 0 Å². The molecule has 0 saturated heterocycles. The molecule has 1 unspecified atom stereocenters. The summed E-state index contributed by atoms with van der Waals surface area (Å²) in [6.45, 7) is 7.35. The summed E-state index contributed by atoms with van der Waals surface area (Å²) in [5, 5.41) is 5.63. The topological polar surface area (TPSA) is 62.6 Å². The first kappa shape index (κ1) is 16.2. The Morgan fingerprint density at radius 1 is 1.20 bits per heavy atom. The Labute approximate surface area is 120 Å². The highest BCUT2D eigenvalue weighted by atomic mass is 16.2. The van der Waals surface area contributed by atoms with Crippen LogP contribution in [-0.2, 0) is 9.59 Å². The molecule has 5 heteroatoms. The van der Waals surface area contributed by atoms with Crippen molar-refractivity contribution in [2.24, 2.45) is 0 Å². The minimum absolute atomic E-state index is 0.0243. The van der Waals surface area contributed by atoms with Gasteiger partial charge in [0.1, 0.15) is 0 Å². The zero-order valence-corrected chi connectivity index (χ0v) is 12.4. The van der Waals surface area contributed by atoms with E-state index in [9.17, 15) is 9.59 Å². The molecule has 0 spiro atoms. The summed E-state index contributed by atoms with van der Waals surface area (Å²) in [7, 11) is 0. The second-order valence-corrected chi connectivity index (χ2v) is 4.72. The van der Waals surface area contributed by atoms with Crippen molar-refractivity contribution in [2.75, 3.05) is 25.0 Å². The van der Waals surface area contributed by atoms with Gasteiger partial charge >= 0.3 is 0 Å². The molecule has 0 fully saturated rings. The van der Waals surface area contributed by atoms with Gasteiger partial charge in [-0.1, -0.05) is 18.2 Å². The Bertz CT molecular complexity index is 434. The second kappa shape index (κ2) is 8.32. The molecule has 1 aromatic rings. The molecule has 0 radical (unpaired) electrons. The number of benzene rings is 1. The fraction of sp³-hybridized carbons (Fsp3) is 0.467. The summed E-state index contributed by atoms with van der Waals surface area (Å²) in [4.78, 5) is 24.8. The number of hydrogen-bond donors (Lipinski definition) is 3. The highest BCUT2D eigenvalue weighted by Crippen LogP contribution is 2.04. The van der Waals surface area contributed by atoms with Gasteiger partial charge in [-0.15, -0.1) is 0 Å². The number of carbonyl (C=O) groups is 2. The van der Waals surface area contributed by atoms with E-state index in [1.54, 1.807) is 0 Å². The molecule has 0 aromatic heterocycles. The van der Waals surface area contributed by atoms with Crippen molar-refractivity contribution in [3.05, 3.63) is 30.3 Å². The Hall–Kier alpha value is -1.88. The van der Waals surface area contributed by atoms with Gasteiger partial charge in [-0.05, 0) is 32.9 Å². The lowest BCUT2D eigenvalue weighted by Gasteiger charge is -2.23. The fourth-order valence-corrected chi connectivity index (χ4v) is 2.01. The van der Waals surface area contributed by atoms with Crippen LogP contribution in [0.15, 0.2) is 30.3 Å². The monoisotopic (exact) mass is 278 g/mol. The van der Waals surface area contributed by atoms with Crippen LogP contribution in [0, 0.1) is 0 Å². The van der Waals surface area contributed by atoms with Gasteiger partial charge in [-0.3, -0.25) is 9.59 Å². The van der Waals surface area contributed by atoms with Gasteiger partial charge in [0.15, 0.2) is 12.6 Å². The molecular weight excluding hydrogens is 254 g/mol. The molecule has 0 bridgehead atoms. The predicted octanol–water partition coefficient (Wildman–Crippen LogP) is 0.0545. The Morgan fingerprint density at radius 2 is 1.85 bits per heavy atom. The molecule has 0 saturated carbocycles. The smallest absolute Gasteiger partial charge is 0.282 e. The van der Waals surface area contributed by atoms with Crippen molar-refractivity contribution in [3.63, 3.8) is 0 Å². The van der Waals surface area contributed by atoms with Crippen LogP contribution >= 0.6 is 0 Å². The zero-order valence-electron chi connectivity index (χ0n) is 12.4. The maximum Gasteiger partial charge on any atom is 0.282 e. The van der Waals surface area contributed by atoms with Crippen molar-refractivity contribution in [1.82, 2.24) is 5.32 Å². The van der Waals surface area contributed by atoms with Crippen LogP contribution in [0.25, 0.3) is 0 Å². The van der Waals surface area contributed by atoms with Gasteiger partial charge in [-0.25, -0.2) is 0 Å². The molecule has 1 aromatic carbocycles. The second-order valence-electron chi connectivity index (χ2n) is 4.72. The summed E-state index contributed by atoms with van der Waals surface area (Å²) in [5.74, 6) is -0.0962. The van der Waals surface area contributed by atoms with Gasteiger partial charge in [0, 0.05) is 12.2 Å². The van der Waals surface area contributed by atoms with Crippen molar-refractivity contribution in [3.8, 4) is 0 Å². The number of anilines is 1. The highest BCUT2D eigenvalue weighted by molar-refractivity contribution is 5.93. The van der Waals surface area contributed by atoms with Gasteiger partial charge in [0.25, 0.3) is 11.8 Å². The highest BCUT2D eigenvalue weighted by Gasteiger charge is 2.25. The molecule has 1 rings (SSSR count). The third-order valence-electron chi connectivity index (χ3n) is 3.26. The van der Waals surface area contributed by atoms with Crippen LogP contribution in [0.4, 0.5) is 5.69 Å². The van der Waals surface area contributed by atoms with E-state index >= 15 is 0 Å². The summed E-state index contributed by atoms with van der Waals surface area (Å²) in [5.41, 5.74) is 0.776. The van der Waals surface area contributed by atoms with E-state index in [4.69, 9.17) is 0 Å². The predicted molar refractivity (Wildman–Crippen MR) is 79.6 cm³/mol. The minimum Gasteiger partial charge on any atom is -0.351 e. The first-order chi connectivity index (χ1) is 9.58. The lowest BCUT2D eigenvalue weighted by Crippen LogP contribution is -3.17. The maximum absolute atomic E-state index is 12.2. The number of rotatable bonds is 7. The van der Waals surface area contributed by atoms with Gasteiger partial charge < -0.3 is 15.5 Å². The van der Waals surface area contributed by atoms with E-state index < -0.39 is 0 Å². The van der Waals surface area contributed by atoms with E-state index in [0.29, 0.717) is 13.1 Å². The average molecular weight is 278 g/mol. The SMILES string of the molecule is CCNC(=O)C[NH+](CC)[C@H](C)C(=O)Nc1ccccc1. The Kier molecular flexibility index (Phi) is 6.73. The quantitative estimate of drug-likeness (QED) is 0.660. The van der Waals surface area contributed by atoms with E-state index in [2.05, 4.69) is 10.6 Å². The fourth-order valence-electron chi connectivity index (χ4n) is 2.01.